The fourth-order valence-electron chi connectivity index (χ4n) is 4.43. The lowest BCUT2D eigenvalue weighted by molar-refractivity contribution is -0.144. The molecule has 5 heteroatoms. The molecule has 2 aliphatic carbocycles. The molecule has 0 saturated heterocycles. The van der Waals surface area contributed by atoms with E-state index in [0.29, 0.717) is 18.8 Å². The third-order valence-electron chi connectivity index (χ3n) is 6.00. The van der Waals surface area contributed by atoms with E-state index in [1.165, 1.54) is 38.5 Å². The number of esters is 1. The van der Waals surface area contributed by atoms with Crippen LogP contribution < -0.4 is 0 Å². The highest BCUT2D eigenvalue weighted by molar-refractivity contribution is 5.69. The van der Waals surface area contributed by atoms with Crippen LogP contribution in [0, 0.1) is 17.8 Å². The van der Waals surface area contributed by atoms with Crippen molar-refractivity contribution in [3.8, 4) is 0 Å². The summed E-state index contributed by atoms with van der Waals surface area (Å²) >= 11 is 0. The highest BCUT2D eigenvalue weighted by Crippen LogP contribution is 2.43. The van der Waals surface area contributed by atoms with Crippen molar-refractivity contribution in [2.24, 2.45) is 17.8 Å². The van der Waals surface area contributed by atoms with E-state index in [2.05, 4.69) is 0 Å². The smallest absolute Gasteiger partial charge is 0.305 e. The van der Waals surface area contributed by atoms with Gasteiger partial charge in [-0.15, -0.1) is 0 Å². The van der Waals surface area contributed by atoms with E-state index in [9.17, 15) is 18.0 Å². The van der Waals surface area contributed by atoms with Gasteiger partial charge in [0.25, 0.3) is 5.92 Å². The first-order valence-electron chi connectivity index (χ1n) is 9.90. The molecular formula is C20H33F3O2. The molecule has 0 heterocycles. The van der Waals surface area contributed by atoms with Gasteiger partial charge in [0.05, 0.1) is 6.61 Å². The molecule has 2 saturated carbocycles. The lowest BCUT2D eigenvalue weighted by atomic mass is 9.67. The number of unbranched alkanes of at least 4 members (excludes halogenated alkanes) is 1. The Morgan fingerprint density at radius 2 is 1.68 bits per heavy atom. The number of ether oxygens (including phenoxy) is 1. The largest absolute Gasteiger partial charge is 0.466 e. The standard InChI is InChI=1S/C20H33F3O2/c1-19(2,21)20(22,23)10-3-4-11-25-18(24)9-8-17-13-15-6-5-7-16(12-15)14-17/h15-17H,3-14H2,1-2H3. The summed E-state index contributed by atoms with van der Waals surface area (Å²) in [7, 11) is 0. The van der Waals surface area contributed by atoms with Crippen molar-refractivity contribution in [1.82, 2.24) is 0 Å². The Bertz CT molecular complexity index is 419. The van der Waals surface area contributed by atoms with E-state index < -0.39 is 18.0 Å². The van der Waals surface area contributed by atoms with Crippen molar-refractivity contribution in [1.29, 1.82) is 0 Å². The third kappa shape index (κ3) is 6.49. The summed E-state index contributed by atoms with van der Waals surface area (Å²) in [4.78, 5) is 11.8. The number of hydrogen-bond donors (Lipinski definition) is 0. The molecule has 0 aromatic carbocycles. The highest BCUT2D eigenvalue weighted by Gasteiger charge is 2.46. The predicted molar refractivity (Wildman–Crippen MR) is 92.4 cm³/mol. The van der Waals surface area contributed by atoms with Crippen molar-refractivity contribution in [2.45, 2.75) is 96.1 Å². The zero-order valence-corrected chi connectivity index (χ0v) is 15.7. The quantitative estimate of drug-likeness (QED) is 0.367. The Morgan fingerprint density at radius 1 is 1.04 bits per heavy atom. The normalized spacial score (nSPS) is 27.2. The summed E-state index contributed by atoms with van der Waals surface area (Å²) in [5.74, 6) is -1.21. The molecule has 0 radical (unpaired) electrons. The van der Waals surface area contributed by atoms with Crippen LogP contribution in [0.4, 0.5) is 13.2 Å². The second-order valence-corrected chi connectivity index (χ2v) is 8.63. The highest BCUT2D eigenvalue weighted by atomic mass is 19.3. The van der Waals surface area contributed by atoms with Crippen molar-refractivity contribution >= 4 is 5.97 Å². The van der Waals surface area contributed by atoms with Crippen LogP contribution in [0.15, 0.2) is 0 Å². The number of carbonyl (C=O) groups excluding carboxylic acids is 1. The molecule has 0 spiro atoms. The predicted octanol–water partition coefficient (Wildman–Crippen LogP) is 6.08. The summed E-state index contributed by atoms with van der Waals surface area (Å²) in [6, 6.07) is 0. The van der Waals surface area contributed by atoms with Gasteiger partial charge in [0.15, 0.2) is 5.67 Å². The Morgan fingerprint density at radius 3 is 2.28 bits per heavy atom. The van der Waals surface area contributed by atoms with E-state index >= 15 is 0 Å². The molecule has 2 nitrogen and oxygen atoms in total. The molecule has 0 amide bonds. The molecule has 2 rings (SSSR count). The monoisotopic (exact) mass is 362 g/mol. The first-order valence-corrected chi connectivity index (χ1v) is 9.90. The lowest BCUT2D eigenvalue weighted by Crippen LogP contribution is -2.38. The van der Waals surface area contributed by atoms with E-state index in [1.54, 1.807) is 0 Å². The SMILES string of the molecule is CC(C)(F)C(F)(F)CCCCOC(=O)CCC1CC2CCCC(C2)C1. The van der Waals surface area contributed by atoms with Gasteiger partial charge in [-0.3, -0.25) is 4.79 Å². The molecule has 2 unspecified atom stereocenters. The van der Waals surface area contributed by atoms with Crippen molar-refractivity contribution < 1.29 is 22.7 Å². The minimum Gasteiger partial charge on any atom is -0.466 e. The lowest BCUT2D eigenvalue weighted by Gasteiger charge is -2.39. The molecule has 2 fully saturated rings. The van der Waals surface area contributed by atoms with Gasteiger partial charge in [-0.05, 0) is 70.1 Å². The van der Waals surface area contributed by atoms with Crippen LogP contribution in [-0.2, 0) is 9.53 Å². The Kier molecular flexibility index (Phi) is 7.21. The molecule has 0 aliphatic heterocycles. The van der Waals surface area contributed by atoms with Gasteiger partial charge >= 0.3 is 5.97 Å². The molecule has 25 heavy (non-hydrogen) atoms. The maximum absolute atomic E-state index is 13.5. The number of hydrogen-bond acceptors (Lipinski definition) is 2. The second-order valence-electron chi connectivity index (χ2n) is 8.63. The molecule has 0 N–H and O–H groups in total. The van der Waals surface area contributed by atoms with Crippen LogP contribution in [-0.4, -0.2) is 24.2 Å². The topological polar surface area (TPSA) is 26.3 Å². The van der Waals surface area contributed by atoms with Gasteiger partial charge < -0.3 is 4.74 Å². The van der Waals surface area contributed by atoms with Crippen molar-refractivity contribution in [2.75, 3.05) is 6.61 Å². The molecule has 2 aliphatic rings. The Hall–Kier alpha value is -0.740. The molecule has 0 aromatic rings. The van der Waals surface area contributed by atoms with Crippen LogP contribution >= 0.6 is 0 Å². The number of carbonyl (C=O) groups is 1. The zero-order chi connectivity index (χ0) is 18.5. The molecular weight excluding hydrogens is 329 g/mol. The third-order valence-corrected chi connectivity index (χ3v) is 6.00. The molecule has 146 valence electrons. The van der Waals surface area contributed by atoms with Crippen LogP contribution in [0.5, 0.6) is 0 Å². The number of rotatable bonds is 9. The maximum Gasteiger partial charge on any atom is 0.305 e. The Balaban J connectivity index is 1.54. The number of fused-ring (bicyclic) bond motifs is 2. The van der Waals surface area contributed by atoms with Gasteiger partial charge in [-0.1, -0.05) is 19.3 Å². The second kappa shape index (κ2) is 8.77. The molecule has 2 bridgehead atoms. The number of halogens is 3. The van der Waals surface area contributed by atoms with Crippen molar-refractivity contribution in [3.05, 3.63) is 0 Å². The fraction of sp³-hybridized carbons (Fsp3) is 0.950. The summed E-state index contributed by atoms with van der Waals surface area (Å²) in [5.41, 5.74) is -2.51. The van der Waals surface area contributed by atoms with Gasteiger partial charge in [0.1, 0.15) is 0 Å². The van der Waals surface area contributed by atoms with E-state index in [-0.39, 0.29) is 19.0 Å². The summed E-state index contributed by atoms with van der Waals surface area (Å²) in [6.07, 6.45) is 9.23. The summed E-state index contributed by atoms with van der Waals surface area (Å²) < 4.78 is 45.4. The first kappa shape index (κ1) is 20.6. The van der Waals surface area contributed by atoms with Crippen LogP contribution in [0.2, 0.25) is 0 Å². The molecule has 2 atom stereocenters. The van der Waals surface area contributed by atoms with Gasteiger partial charge in [-0.25, -0.2) is 13.2 Å². The summed E-state index contributed by atoms with van der Waals surface area (Å²) in [5, 5.41) is 0. The fourth-order valence-corrected chi connectivity index (χ4v) is 4.43. The first-order chi connectivity index (χ1) is 11.7. The minimum atomic E-state index is -3.34. The van der Waals surface area contributed by atoms with E-state index in [4.69, 9.17) is 4.74 Å². The Labute approximate surface area is 149 Å². The van der Waals surface area contributed by atoms with E-state index in [1.807, 2.05) is 0 Å². The zero-order valence-electron chi connectivity index (χ0n) is 15.7. The van der Waals surface area contributed by atoms with Crippen LogP contribution in [0.3, 0.4) is 0 Å². The van der Waals surface area contributed by atoms with Gasteiger partial charge in [0.2, 0.25) is 0 Å². The van der Waals surface area contributed by atoms with Crippen molar-refractivity contribution in [3.63, 3.8) is 0 Å². The van der Waals surface area contributed by atoms with Crippen LogP contribution in [0.25, 0.3) is 0 Å². The van der Waals surface area contributed by atoms with Gasteiger partial charge in [0, 0.05) is 12.8 Å². The van der Waals surface area contributed by atoms with Gasteiger partial charge in [-0.2, -0.15) is 0 Å². The average Bonchev–Trinajstić information content (AvgIpc) is 2.51. The van der Waals surface area contributed by atoms with E-state index in [0.717, 1.165) is 32.1 Å². The average molecular weight is 362 g/mol. The number of alkyl halides is 3. The maximum atomic E-state index is 13.5. The van der Waals surface area contributed by atoms with Crippen LogP contribution in [0.1, 0.15) is 84.5 Å². The summed E-state index contributed by atoms with van der Waals surface area (Å²) in [6.45, 7) is 1.94. The molecule has 0 aromatic heterocycles. The minimum absolute atomic E-state index is 0.150.